The number of carbonyl (C=O) groups is 1. The molecule has 37 heavy (non-hydrogen) atoms. The van der Waals surface area contributed by atoms with Gasteiger partial charge in [0.25, 0.3) is 0 Å². The number of rotatable bonds is 5. The van der Waals surface area contributed by atoms with Crippen LogP contribution in [0.25, 0.3) is 5.57 Å². The van der Waals surface area contributed by atoms with Gasteiger partial charge in [-0.1, -0.05) is 19.1 Å². The summed E-state index contributed by atoms with van der Waals surface area (Å²) >= 11 is 0. The number of aromatic nitrogens is 2. The summed E-state index contributed by atoms with van der Waals surface area (Å²) in [6.45, 7) is 4.30. The molecule has 3 aliphatic heterocycles. The lowest BCUT2D eigenvalue weighted by Crippen LogP contribution is -2.45. The van der Waals surface area contributed by atoms with Crippen LogP contribution in [-0.4, -0.2) is 63.8 Å². The molecule has 4 heterocycles. The van der Waals surface area contributed by atoms with E-state index in [0.29, 0.717) is 13.1 Å². The van der Waals surface area contributed by atoms with E-state index in [1.54, 1.807) is 12.1 Å². The number of hydrogen-bond donors (Lipinski definition) is 5. The fourth-order valence-corrected chi connectivity index (χ4v) is 6.80. The molecular weight excluding hydrogens is 471 g/mol. The van der Waals surface area contributed by atoms with Gasteiger partial charge >= 0.3 is 0 Å². The van der Waals surface area contributed by atoms with Crippen LogP contribution in [0.3, 0.4) is 0 Å². The smallest absolute Gasteiger partial charge is 0.239 e. The third-order valence-electron chi connectivity index (χ3n) is 8.86. The predicted octanol–water partition coefficient (Wildman–Crippen LogP) is 3.09. The van der Waals surface area contributed by atoms with Gasteiger partial charge in [0.05, 0.1) is 30.0 Å². The van der Waals surface area contributed by atoms with Crippen LogP contribution in [0.2, 0.25) is 0 Å². The zero-order valence-corrected chi connectivity index (χ0v) is 21.3. The van der Waals surface area contributed by atoms with Gasteiger partial charge < -0.3 is 20.3 Å². The van der Waals surface area contributed by atoms with Crippen LogP contribution in [0.5, 0.6) is 5.75 Å². The Morgan fingerprint density at radius 1 is 1.24 bits per heavy atom. The van der Waals surface area contributed by atoms with Gasteiger partial charge in [-0.2, -0.15) is 0 Å². The number of alkyl halides is 1. The number of carbonyl (C=O) groups excluding carboxylic acids is 1. The van der Waals surface area contributed by atoms with E-state index in [2.05, 4.69) is 32.2 Å². The van der Waals surface area contributed by atoms with Gasteiger partial charge in [0.1, 0.15) is 17.7 Å². The van der Waals surface area contributed by atoms with E-state index in [0.717, 1.165) is 67.7 Å². The first-order valence-corrected chi connectivity index (χ1v) is 13.8. The molecule has 1 saturated carbocycles. The number of hydrazine groups is 1. The minimum absolute atomic E-state index is 0.0281. The van der Waals surface area contributed by atoms with Crippen LogP contribution in [0.1, 0.15) is 73.6 Å². The Bertz CT molecular complexity index is 1180. The number of fused-ring (bicyclic) bond motifs is 1. The summed E-state index contributed by atoms with van der Waals surface area (Å²) in [5.74, 6) is 1.18. The number of H-pyrrole nitrogens is 1. The maximum Gasteiger partial charge on any atom is 0.239 e. The van der Waals surface area contributed by atoms with Crippen LogP contribution in [0.4, 0.5) is 4.39 Å². The molecule has 3 fully saturated rings. The zero-order valence-electron chi connectivity index (χ0n) is 21.3. The Balaban J connectivity index is 1.12. The Morgan fingerprint density at radius 3 is 2.89 bits per heavy atom. The van der Waals surface area contributed by atoms with E-state index in [1.165, 1.54) is 5.57 Å². The van der Waals surface area contributed by atoms with Crippen molar-refractivity contribution in [3.63, 3.8) is 0 Å². The molecule has 198 valence electrons. The molecule has 0 spiro atoms. The number of phenolic OH excluding ortho intramolecular Hbond substituents is 1. The highest BCUT2D eigenvalue weighted by molar-refractivity contribution is 5.83. The van der Waals surface area contributed by atoms with E-state index >= 15 is 4.39 Å². The number of aromatic amines is 1. The van der Waals surface area contributed by atoms with Gasteiger partial charge in [-0.05, 0) is 73.9 Å². The molecular formula is C28H37FN6O2. The van der Waals surface area contributed by atoms with E-state index in [-0.39, 0.29) is 41.6 Å². The minimum atomic E-state index is -1.03. The SMILES string of the molecule is CCc1cc(O)ccc1C1CCC2C(c3ncc(C4=CCN(C(=O)[C@@H]5CCCN5)CC4)[nH]3)NNC2C1F. The predicted molar refractivity (Wildman–Crippen MR) is 139 cm³/mol. The normalized spacial score (nSPS) is 31.8. The molecule has 0 bridgehead atoms. The van der Waals surface area contributed by atoms with Gasteiger partial charge in [-0.3, -0.25) is 10.2 Å². The number of halogens is 1. The van der Waals surface area contributed by atoms with Crippen LogP contribution < -0.4 is 16.2 Å². The van der Waals surface area contributed by atoms with Crippen LogP contribution >= 0.6 is 0 Å². The molecule has 1 aromatic carbocycles. The largest absolute Gasteiger partial charge is 0.508 e. The van der Waals surface area contributed by atoms with Gasteiger partial charge in [-0.25, -0.2) is 14.8 Å². The van der Waals surface area contributed by atoms with Crippen molar-refractivity contribution < 1.29 is 14.3 Å². The molecule has 5 unspecified atom stereocenters. The number of aromatic hydroxyl groups is 1. The summed E-state index contributed by atoms with van der Waals surface area (Å²) in [6, 6.07) is 4.91. The quantitative estimate of drug-likeness (QED) is 0.425. The summed E-state index contributed by atoms with van der Waals surface area (Å²) in [6.07, 6.45) is 8.17. The van der Waals surface area contributed by atoms with E-state index in [1.807, 2.05) is 24.1 Å². The second-order valence-electron chi connectivity index (χ2n) is 10.9. The fourth-order valence-electron chi connectivity index (χ4n) is 6.80. The number of benzene rings is 1. The second-order valence-corrected chi connectivity index (χ2v) is 10.9. The Labute approximate surface area is 217 Å². The molecule has 5 N–H and O–H groups in total. The second kappa shape index (κ2) is 10.2. The monoisotopic (exact) mass is 508 g/mol. The average Bonchev–Trinajstić information content (AvgIpc) is 3.70. The van der Waals surface area contributed by atoms with Crippen LogP contribution in [0, 0.1) is 5.92 Å². The fraction of sp³-hybridized carbons (Fsp3) is 0.571. The highest BCUT2D eigenvalue weighted by Crippen LogP contribution is 2.45. The zero-order chi connectivity index (χ0) is 25.5. The molecule has 2 aromatic rings. The standard InChI is InChI=1S/C28H37FN6O2/c1-2-16-14-18(36)5-6-19(16)20-7-8-21-25(24(20)29)33-34-26(21)27-31-15-23(32-27)17-9-12-35(13-10-17)28(37)22-4-3-11-30-22/h5-6,9,14-15,20-22,24-26,30,33-34,36H,2-4,7-8,10-13H2,1H3,(H,31,32)/t20?,21?,22-,24?,25?,26?/m0/s1. The summed E-state index contributed by atoms with van der Waals surface area (Å²) in [7, 11) is 0. The lowest BCUT2D eigenvalue weighted by Gasteiger charge is -2.36. The van der Waals surface area contributed by atoms with Gasteiger partial charge in [0, 0.05) is 24.9 Å². The first kappa shape index (κ1) is 24.6. The molecule has 1 aliphatic carbocycles. The van der Waals surface area contributed by atoms with Crippen LogP contribution in [0.15, 0.2) is 30.5 Å². The van der Waals surface area contributed by atoms with E-state index in [4.69, 9.17) is 0 Å². The molecule has 1 amide bonds. The number of aryl methyl sites for hydroxylation is 1. The molecule has 9 heteroatoms. The van der Waals surface area contributed by atoms with Crippen molar-refractivity contribution >= 4 is 11.5 Å². The third-order valence-corrected chi connectivity index (χ3v) is 8.86. The van der Waals surface area contributed by atoms with E-state index < -0.39 is 6.17 Å². The molecule has 6 rings (SSSR count). The molecule has 4 aliphatic rings. The van der Waals surface area contributed by atoms with Crippen molar-refractivity contribution in [1.29, 1.82) is 0 Å². The van der Waals surface area contributed by atoms with Crippen molar-refractivity contribution in [3.8, 4) is 5.75 Å². The lowest BCUT2D eigenvalue weighted by atomic mass is 9.71. The van der Waals surface area contributed by atoms with Crippen molar-refractivity contribution in [2.24, 2.45) is 5.92 Å². The average molecular weight is 509 g/mol. The number of nitrogens with zero attached hydrogens (tertiary/aromatic N) is 2. The Hall–Kier alpha value is -2.75. The molecule has 8 nitrogen and oxygen atoms in total. The van der Waals surface area contributed by atoms with Gasteiger partial charge in [0.15, 0.2) is 0 Å². The third kappa shape index (κ3) is 4.57. The molecule has 1 aromatic heterocycles. The van der Waals surface area contributed by atoms with Gasteiger partial charge in [-0.15, -0.1) is 0 Å². The number of hydrogen-bond acceptors (Lipinski definition) is 6. The Kier molecular flexibility index (Phi) is 6.77. The van der Waals surface area contributed by atoms with Crippen molar-refractivity contribution in [2.75, 3.05) is 19.6 Å². The van der Waals surface area contributed by atoms with E-state index in [9.17, 15) is 9.90 Å². The minimum Gasteiger partial charge on any atom is -0.508 e. The first-order chi connectivity index (χ1) is 18.0. The highest BCUT2D eigenvalue weighted by Gasteiger charge is 2.48. The molecule has 0 radical (unpaired) electrons. The van der Waals surface area contributed by atoms with Crippen LogP contribution in [-0.2, 0) is 11.2 Å². The maximum absolute atomic E-state index is 15.9. The number of nitrogens with one attached hydrogen (secondary N) is 4. The van der Waals surface area contributed by atoms with Crippen molar-refractivity contribution in [2.45, 2.75) is 75.7 Å². The molecule has 6 atom stereocenters. The van der Waals surface area contributed by atoms with Crippen molar-refractivity contribution in [1.82, 2.24) is 31.0 Å². The summed E-state index contributed by atoms with van der Waals surface area (Å²) in [5.41, 5.74) is 10.7. The lowest BCUT2D eigenvalue weighted by molar-refractivity contribution is -0.132. The van der Waals surface area contributed by atoms with Gasteiger partial charge in [0.2, 0.25) is 5.91 Å². The summed E-state index contributed by atoms with van der Waals surface area (Å²) in [4.78, 5) is 22.8. The topological polar surface area (TPSA) is 105 Å². The maximum atomic E-state index is 15.9. The number of phenols is 1. The van der Waals surface area contributed by atoms with Crippen molar-refractivity contribution in [3.05, 3.63) is 53.1 Å². The summed E-state index contributed by atoms with van der Waals surface area (Å²) < 4.78 is 15.9. The summed E-state index contributed by atoms with van der Waals surface area (Å²) in [5, 5.41) is 13.2. The first-order valence-electron chi connectivity index (χ1n) is 13.8. The number of amides is 1. The number of imidazole rings is 1. The highest BCUT2D eigenvalue weighted by atomic mass is 19.1. The molecule has 2 saturated heterocycles. The Morgan fingerprint density at radius 2 is 2.14 bits per heavy atom.